The smallest absolute Gasteiger partial charge is 0.223 e. The molecule has 1 aromatic rings. The van der Waals surface area contributed by atoms with Crippen LogP contribution >= 0.6 is 11.3 Å². The quantitative estimate of drug-likeness (QED) is 0.758. The minimum atomic E-state index is 0.0103. The molecule has 2 saturated heterocycles. The van der Waals surface area contributed by atoms with Gasteiger partial charge in [0.05, 0.1) is 31.0 Å². The van der Waals surface area contributed by atoms with Crippen molar-refractivity contribution in [2.24, 2.45) is 5.41 Å². The molecule has 0 spiro atoms. The number of aryl methyl sites for hydroxylation is 2. The van der Waals surface area contributed by atoms with Gasteiger partial charge in [0.1, 0.15) is 0 Å². The molecular weight excluding hydrogens is 348 g/mol. The van der Waals surface area contributed by atoms with Gasteiger partial charge in [0.15, 0.2) is 0 Å². The van der Waals surface area contributed by atoms with Crippen LogP contribution in [0.5, 0.6) is 0 Å². The fraction of sp³-hybridized carbons (Fsp3) is 0.700. The molecule has 0 saturated carbocycles. The van der Waals surface area contributed by atoms with E-state index in [1.165, 1.54) is 10.5 Å². The summed E-state index contributed by atoms with van der Waals surface area (Å²) in [6.07, 6.45) is 7.74. The molecule has 0 N–H and O–H groups in total. The molecule has 0 aliphatic carbocycles. The molecule has 26 heavy (non-hydrogen) atoms. The number of nitrogens with zero attached hydrogens (tertiary/aromatic N) is 2. The van der Waals surface area contributed by atoms with E-state index in [1.54, 1.807) is 11.3 Å². The van der Waals surface area contributed by atoms with Gasteiger partial charge in [-0.15, -0.1) is 11.3 Å². The zero-order valence-corrected chi connectivity index (χ0v) is 16.4. The third-order valence-electron chi connectivity index (χ3n) is 6.27. The van der Waals surface area contributed by atoms with Crippen molar-refractivity contribution in [1.82, 2.24) is 9.88 Å². The Hall–Kier alpha value is -1.24. The molecule has 4 heterocycles. The highest BCUT2D eigenvalue weighted by atomic mass is 32.1. The first-order valence-electron chi connectivity index (χ1n) is 9.74. The summed E-state index contributed by atoms with van der Waals surface area (Å²) in [6, 6.07) is 0.282. The molecule has 5 nitrogen and oxygen atoms in total. The second-order valence-corrected chi connectivity index (χ2v) is 8.56. The number of hydrogen-bond acceptors (Lipinski definition) is 5. The maximum Gasteiger partial charge on any atom is 0.223 e. The summed E-state index contributed by atoms with van der Waals surface area (Å²) in [4.78, 5) is 20.8. The average molecular weight is 377 g/mol. The minimum Gasteiger partial charge on any atom is -0.380 e. The molecule has 2 atom stereocenters. The number of amides is 1. The van der Waals surface area contributed by atoms with Gasteiger partial charge in [0.2, 0.25) is 5.91 Å². The Bertz CT molecular complexity index is 682. The normalized spacial score (nSPS) is 29.2. The topological polar surface area (TPSA) is 51.7 Å². The number of hydrogen-bond donors (Lipinski definition) is 0. The fourth-order valence-corrected chi connectivity index (χ4v) is 5.69. The van der Waals surface area contributed by atoms with Gasteiger partial charge in [-0.2, -0.15) is 0 Å². The molecule has 142 valence electrons. The van der Waals surface area contributed by atoms with Crippen LogP contribution in [0.1, 0.15) is 42.7 Å². The molecule has 3 aliphatic rings. The van der Waals surface area contributed by atoms with Gasteiger partial charge in [-0.3, -0.25) is 4.79 Å². The Labute approximate surface area is 159 Å². The van der Waals surface area contributed by atoms with Crippen molar-refractivity contribution in [2.45, 2.75) is 51.5 Å². The van der Waals surface area contributed by atoms with Crippen LogP contribution < -0.4 is 0 Å². The standard InChI is InChI=1S/C20H28N2O3S/c1-15-17(26-14-21-15)3-4-19(23)22-9-2-8-20(13-25-12-7-18(20)22)16-5-10-24-11-6-16/h5,14,18H,2-4,6-13H2,1H3/t18-,20-/m0/s1. The van der Waals surface area contributed by atoms with Crippen LogP contribution in [0.2, 0.25) is 0 Å². The van der Waals surface area contributed by atoms with Crippen molar-refractivity contribution in [3.8, 4) is 0 Å². The summed E-state index contributed by atoms with van der Waals surface area (Å²) in [6.45, 7) is 5.91. The number of fused-ring (bicyclic) bond motifs is 1. The number of carbonyl (C=O) groups is 1. The largest absolute Gasteiger partial charge is 0.380 e. The van der Waals surface area contributed by atoms with Crippen molar-refractivity contribution >= 4 is 17.2 Å². The lowest BCUT2D eigenvalue weighted by Gasteiger charge is -2.54. The van der Waals surface area contributed by atoms with E-state index in [0.29, 0.717) is 18.9 Å². The molecule has 2 fully saturated rings. The monoisotopic (exact) mass is 376 g/mol. The van der Waals surface area contributed by atoms with E-state index in [9.17, 15) is 4.79 Å². The highest BCUT2D eigenvalue weighted by molar-refractivity contribution is 7.09. The van der Waals surface area contributed by atoms with E-state index >= 15 is 0 Å². The Kier molecular flexibility index (Phi) is 5.43. The first-order chi connectivity index (χ1) is 12.7. The molecule has 4 rings (SSSR count). The second-order valence-electron chi connectivity index (χ2n) is 7.62. The zero-order valence-electron chi connectivity index (χ0n) is 15.5. The fourth-order valence-electron chi connectivity index (χ4n) is 4.91. The van der Waals surface area contributed by atoms with Gasteiger partial charge < -0.3 is 14.4 Å². The first-order valence-corrected chi connectivity index (χ1v) is 10.6. The first kappa shape index (κ1) is 18.1. The average Bonchev–Trinajstić information content (AvgIpc) is 3.11. The van der Waals surface area contributed by atoms with Crippen LogP contribution in [0.4, 0.5) is 0 Å². The van der Waals surface area contributed by atoms with Gasteiger partial charge in [0, 0.05) is 35.9 Å². The number of rotatable bonds is 4. The predicted octanol–water partition coefficient (Wildman–Crippen LogP) is 3.13. The Morgan fingerprint density at radius 2 is 2.35 bits per heavy atom. The van der Waals surface area contributed by atoms with Gasteiger partial charge in [-0.25, -0.2) is 4.98 Å². The molecule has 0 bridgehead atoms. The van der Waals surface area contributed by atoms with Crippen molar-refractivity contribution in [2.75, 3.05) is 33.0 Å². The Balaban J connectivity index is 1.51. The van der Waals surface area contributed by atoms with Gasteiger partial charge in [-0.1, -0.05) is 11.6 Å². The van der Waals surface area contributed by atoms with Crippen molar-refractivity contribution in [3.63, 3.8) is 0 Å². The van der Waals surface area contributed by atoms with Crippen molar-refractivity contribution in [1.29, 1.82) is 0 Å². The van der Waals surface area contributed by atoms with Crippen molar-refractivity contribution in [3.05, 3.63) is 27.7 Å². The highest BCUT2D eigenvalue weighted by Gasteiger charge is 2.50. The second kappa shape index (κ2) is 7.79. The number of ether oxygens (including phenoxy) is 2. The van der Waals surface area contributed by atoms with Crippen LogP contribution in [0.3, 0.4) is 0 Å². The molecule has 0 aromatic carbocycles. The van der Waals surface area contributed by atoms with Crippen LogP contribution in [0, 0.1) is 12.3 Å². The Morgan fingerprint density at radius 3 is 3.12 bits per heavy atom. The van der Waals surface area contributed by atoms with E-state index in [2.05, 4.69) is 16.0 Å². The molecule has 1 amide bonds. The minimum absolute atomic E-state index is 0.0103. The predicted molar refractivity (Wildman–Crippen MR) is 101 cm³/mol. The van der Waals surface area contributed by atoms with Crippen LogP contribution in [0.15, 0.2) is 17.2 Å². The van der Waals surface area contributed by atoms with Crippen LogP contribution in [-0.2, 0) is 20.7 Å². The maximum absolute atomic E-state index is 13.1. The lowest BCUT2D eigenvalue weighted by molar-refractivity contribution is -0.147. The van der Waals surface area contributed by atoms with E-state index in [1.807, 2.05) is 12.4 Å². The summed E-state index contributed by atoms with van der Waals surface area (Å²) in [5.74, 6) is 0.293. The number of aromatic nitrogens is 1. The molecular formula is C20H28N2O3S. The summed E-state index contributed by atoms with van der Waals surface area (Å²) in [5.41, 5.74) is 4.41. The molecule has 6 heteroatoms. The maximum atomic E-state index is 13.1. The van der Waals surface area contributed by atoms with E-state index in [-0.39, 0.29) is 11.5 Å². The van der Waals surface area contributed by atoms with Crippen LogP contribution in [0.25, 0.3) is 0 Å². The number of piperidine rings is 1. The molecule has 0 radical (unpaired) electrons. The lowest BCUT2D eigenvalue weighted by atomic mass is 9.65. The van der Waals surface area contributed by atoms with Gasteiger partial charge in [-0.05, 0) is 39.0 Å². The summed E-state index contributed by atoms with van der Waals surface area (Å²) >= 11 is 1.66. The number of carbonyl (C=O) groups excluding carboxylic acids is 1. The number of thiazole rings is 1. The van der Waals surface area contributed by atoms with E-state index in [0.717, 1.165) is 64.2 Å². The SMILES string of the molecule is Cc1ncsc1CCC(=O)N1CCC[C@@]2(C3=CCOCC3)COCC[C@H]12. The molecule has 3 aliphatic heterocycles. The lowest BCUT2D eigenvalue weighted by Crippen LogP contribution is -2.59. The van der Waals surface area contributed by atoms with E-state index in [4.69, 9.17) is 9.47 Å². The van der Waals surface area contributed by atoms with Gasteiger partial charge in [0.25, 0.3) is 0 Å². The Morgan fingerprint density at radius 1 is 1.42 bits per heavy atom. The summed E-state index contributed by atoms with van der Waals surface area (Å²) in [5, 5.41) is 0. The van der Waals surface area contributed by atoms with Crippen molar-refractivity contribution < 1.29 is 14.3 Å². The zero-order chi connectivity index (χ0) is 18.0. The third kappa shape index (κ3) is 3.35. The van der Waals surface area contributed by atoms with E-state index < -0.39 is 0 Å². The van der Waals surface area contributed by atoms with Crippen LogP contribution in [-0.4, -0.2) is 54.8 Å². The summed E-state index contributed by atoms with van der Waals surface area (Å²) in [7, 11) is 0. The number of likely N-dealkylation sites (tertiary alicyclic amines) is 1. The molecule has 1 aromatic heterocycles. The van der Waals surface area contributed by atoms with Gasteiger partial charge >= 0.3 is 0 Å². The summed E-state index contributed by atoms with van der Waals surface area (Å²) < 4.78 is 11.5. The molecule has 0 unspecified atom stereocenters. The highest BCUT2D eigenvalue weighted by Crippen LogP contribution is 2.48. The third-order valence-corrected chi connectivity index (χ3v) is 7.26.